The number of carbonyl (C=O) groups is 1. The van der Waals surface area contributed by atoms with Gasteiger partial charge in [0.2, 0.25) is 0 Å². The molecule has 0 saturated heterocycles. The second kappa shape index (κ2) is 8.49. The fourth-order valence-electron chi connectivity index (χ4n) is 3.83. The van der Waals surface area contributed by atoms with Crippen LogP contribution in [0.5, 0.6) is 0 Å². The third kappa shape index (κ3) is 4.02. The first-order chi connectivity index (χ1) is 15.5. The number of hydrogen-bond donors (Lipinski definition) is 3. The van der Waals surface area contributed by atoms with Crippen LogP contribution in [0, 0.1) is 5.92 Å². The maximum absolute atomic E-state index is 13.3. The molecule has 2 aliphatic heterocycles. The summed E-state index contributed by atoms with van der Waals surface area (Å²) in [5.41, 5.74) is 5.67. The van der Waals surface area contributed by atoms with E-state index in [9.17, 15) is 13.2 Å². The summed E-state index contributed by atoms with van der Waals surface area (Å²) in [6, 6.07) is 7.37. The van der Waals surface area contributed by atoms with Gasteiger partial charge in [-0.1, -0.05) is 12.1 Å². The van der Waals surface area contributed by atoms with Gasteiger partial charge in [-0.25, -0.2) is 13.8 Å². The van der Waals surface area contributed by atoms with Crippen LogP contribution in [0.2, 0.25) is 0 Å². The summed E-state index contributed by atoms with van der Waals surface area (Å²) >= 11 is 1.26. The van der Waals surface area contributed by atoms with Crippen LogP contribution in [0.25, 0.3) is 0 Å². The van der Waals surface area contributed by atoms with Crippen molar-refractivity contribution in [3.63, 3.8) is 0 Å². The van der Waals surface area contributed by atoms with Gasteiger partial charge in [0, 0.05) is 24.8 Å². The van der Waals surface area contributed by atoms with Crippen molar-refractivity contribution in [3.05, 3.63) is 52.2 Å². The molecule has 32 heavy (non-hydrogen) atoms. The molecule has 0 spiro atoms. The second-order valence-electron chi connectivity index (χ2n) is 8.00. The maximum atomic E-state index is 13.3. The zero-order chi connectivity index (χ0) is 22.3. The fourth-order valence-corrected chi connectivity index (χ4v) is 6.53. The largest absolute Gasteiger partial charge is 0.359 e. The Morgan fingerprint density at radius 3 is 2.88 bits per heavy atom. The van der Waals surface area contributed by atoms with Gasteiger partial charge >= 0.3 is 0 Å². The zero-order valence-electron chi connectivity index (χ0n) is 17.5. The summed E-state index contributed by atoms with van der Waals surface area (Å²) in [5, 5.41) is 7.27. The molecule has 1 aromatic carbocycles. The van der Waals surface area contributed by atoms with Crippen molar-refractivity contribution in [1.29, 1.82) is 0 Å². The number of para-hydroxylation sites is 1. The first-order valence-corrected chi connectivity index (χ1v) is 12.7. The number of sulfonamides is 1. The monoisotopic (exact) mass is 476 g/mol. The van der Waals surface area contributed by atoms with Crippen LogP contribution in [0.3, 0.4) is 0 Å². The van der Waals surface area contributed by atoms with Crippen LogP contribution in [-0.4, -0.2) is 41.2 Å². The van der Waals surface area contributed by atoms with E-state index in [1.165, 1.54) is 31.3 Å². The number of hydrazine groups is 1. The molecule has 2 aromatic rings. The number of methoxy groups -OCH3 is 1. The summed E-state index contributed by atoms with van der Waals surface area (Å²) < 4.78 is 39.0. The van der Waals surface area contributed by atoms with E-state index in [-0.39, 0.29) is 36.4 Å². The van der Waals surface area contributed by atoms with Crippen LogP contribution in [0.4, 0.5) is 10.7 Å². The molecule has 3 heterocycles. The van der Waals surface area contributed by atoms with Crippen LogP contribution >= 0.6 is 11.3 Å². The molecular formula is C21H24N4O5S2. The predicted octanol–water partition coefficient (Wildman–Crippen LogP) is 2.40. The quantitative estimate of drug-likeness (QED) is 0.318. The fraction of sp³-hybridized carbons (Fsp3) is 0.381. The Labute approximate surface area is 190 Å². The molecule has 0 amide bonds. The summed E-state index contributed by atoms with van der Waals surface area (Å²) in [5.74, 6) is 0.648. The molecule has 1 aromatic heterocycles. The molecule has 170 valence electrons. The normalized spacial score (nSPS) is 21.5. The van der Waals surface area contributed by atoms with E-state index in [0.717, 1.165) is 12.2 Å². The lowest BCUT2D eigenvalue weighted by molar-refractivity contribution is -0.0395. The molecule has 11 heteroatoms. The van der Waals surface area contributed by atoms with Gasteiger partial charge in [-0.15, -0.1) is 11.3 Å². The zero-order valence-corrected chi connectivity index (χ0v) is 19.1. The number of ketones is 1. The van der Waals surface area contributed by atoms with Gasteiger partial charge in [-0.3, -0.25) is 9.52 Å². The van der Waals surface area contributed by atoms with Gasteiger partial charge in [-0.05, 0) is 36.3 Å². The van der Waals surface area contributed by atoms with E-state index in [2.05, 4.69) is 15.5 Å². The lowest BCUT2D eigenvalue weighted by Gasteiger charge is -2.34. The highest BCUT2D eigenvalue weighted by molar-refractivity contribution is 7.90. The Morgan fingerprint density at radius 2 is 2.09 bits per heavy atom. The third-order valence-electron chi connectivity index (χ3n) is 5.62. The first-order valence-electron chi connectivity index (χ1n) is 10.3. The summed E-state index contributed by atoms with van der Waals surface area (Å²) in [6.07, 6.45) is 2.41. The molecule has 0 bridgehead atoms. The minimum absolute atomic E-state index is 0.0679. The average Bonchev–Trinajstić information content (AvgIpc) is 3.51. The maximum Gasteiger partial charge on any atom is 0.266 e. The van der Waals surface area contributed by atoms with Crippen molar-refractivity contribution in [2.24, 2.45) is 5.92 Å². The Bertz CT molecular complexity index is 1190. The number of rotatable bonds is 7. The van der Waals surface area contributed by atoms with E-state index < -0.39 is 10.0 Å². The van der Waals surface area contributed by atoms with Crippen LogP contribution < -0.4 is 20.5 Å². The van der Waals surface area contributed by atoms with Gasteiger partial charge < -0.3 is 19.8 Å². The molecule has 9 nitrogen and oxygen atoms in total. The number of anilines is 2. The van der Waals surface area contributed by atoms with Crippen molar-refractivity contribution in [3.8, 4) is 0 Å². The standard InChI is InChI=1S/C21H24N4O5S2/c1-29-12-30-10-14-11-31-21-19(14)32(27,28)24-20(23-21)16-9-25(22-8-13-6-7-13)17-5-3-2-4-15(17)18(16)26/h2-5,11,13,22-24H,6-10,12H2,1H3. The smallest absolute Gasteiger partial charge is 0.266 e. The number of Topliss-reactive ketones (excluding diaryl/α,β-unsaturated/α-hetero) is 1. The van der Waals surface area contributed by atoms with Gasteiger partial charge in [-0.2, -0.15) is 0 Å². The molecule has 1 saturated carbocycles. The van der Waals surface area contributed by atoms with E-state index >= 15 is 0 Å². The van der Waals surface area contributed by atoms with E-state index in [1.807, 2.05) is 23.2 Å². The average molecular weight is 477 g/mol. The summed E-state index contributed by atoms with van der Waals surface area (Å²) in [4.78, 5) is 13.4. The Hall–Kier alpha value is -2.44. The van der Waals surface area contributed by atoms with Crippen LogP contribution in [0.15, 0.2) is 45.9 Å². The first kappa shape index (κ1) is 21.4. The van der Waals surface area contributed by atoms with Crippen molar-refractivity contribution in [1.82, 2.24) is 10.1 Å². The molecule has 3 N–H and O–H groups in total. The molecule has 1 fully saturated rings. The Kier molecular flexibility index (Phi) is 5.68. The van der Waals surface area contributed by atoms with Crippen molar-refractivity contribution < 1.29 is 22.7 Å². The summed E-state index contributed by atoms with van der Waals surface area (Å²) in [7, 11) is -2.37. The van der Waals surface area contributed by atoms with E-state index in [0.29, 0.717) is 27.6 Å². The molecule has 1 aliphatic carbocycles. The van der Waals surface area contributed by atoms with E-state index in [1.54, 1.807) is 11.4 Å². The second-order valence-corrected chi connectivity index (χ2v) is 10.5. The Morgan fingerprint density at radius 1 is 1.28 bits per heavy atom. The number of hydrogen-bond acceptors (Lipinski definition) is 9. The lowest BCUT2D eigenvalue weighted by Crippen LogP contribution is -2.47. The Balaban J connectivity index is 1.48. The van der Waals surface area contributed by atoms with Gasteiger partial charge in [0.1, 0.15) is 22.5 Å². The van der Waals surface area contributed by atoms with Crippen LogP contribution in [-0.2, 0) is 26.1 Å². The molecule has 0 atom stereocenters. The van der Waals surface area contributed by atoms with Crippen molar-refractivity contribution in [2.45, 2.75) is 24.3 Å². The number of nitrogens with zero attached hydrogens (tertiary/aromatic N) is 1. The minimum atomic E-state index is -3.87. The minimum Gasteiger partial charge on any atom is -0.359 e. The van der Waals surface area contributed by atoms with Gasteiger partial charge in [0.15, 0.2) is 5.78 Å². The van der Waals surface area contributed by atoms with Crippen molar-refractivity contribution >= 4 is 37.8 Å². The van der Waals surface area contributed by atoms with Crippen LogP contribution in [0.1, 0.15) is 28.8 Å². The van der Waals surface area contributed by atoms with Gasteiger partial charge in [0.25, 0.3) is 10.0 Å². The number of ether oxygens (including phenoxy) is 2. The SMILES string of the molecule is COCOCc1csc2c1S(=O)(=O)NC(=C1CN(NCC3CC3)c3ccccc3C1=O)N2. The predicted molar refractivity (Wildman–Crippen MR) is 121 cm³/mol. The number of benzene rings is 1. The molecular weight excluding hydrogens is 452 g/mol. The molecule has 5 rings (SSSR count). The summed E-state index contributed by atoms with van der Waals surface area (Å²) in [6.45, 7) is 1.25. The highest BCUT2D eigenvalue weighted by atomic mass is 32.2. The highest BCUT2D eigenvalue weighted by Crippen LogP contribution is 2.39. The van der Waals surface area contributed by atoms with E-state index in [4.69, 9.17) is 9.47 Å². The number of fused-ring (bicyclic) bond motifs is 2. The number of thiophene rings is 1. The lowest BCUT2D eigenvalue weighted by atomic mass is 9.97. The molecule has 0 unspecified atom stereocenters. The molecule has 0 radical (unpaired) electrons. The topological polar surface area (TPSA) is 109 Å². The third-order valence-corrected chi connectivity index (χ3v) is 8.17. The van der Waals surface area contributed by atoms with Gasteiger partial charge in [0.05, 0.1) is 24.4 Å². The highest BCUT2D eigenvalue weighted by Gasteiger charge is 2.36. The van der Waals surface area contributed by atoms with Crippen molar-refractivity contribution in [2.75, 3.05) is 37.3 Å². The molecule has 3 aliphatic rings. The number of carbonyl (C=O) groups excluding carboxylic acids is 1. The number of nitrogens with one attached hydrogen (secondary N) is 3.